The second-order valence-electron chi connectivity index (χ2n) is 4.09. The Morgan fingerprint density at radius 3 is 2.62 bits per heavy atom. The Morgan fingerprint density at radius 1 is 1.38 bits per heavy atom. The van der Waals surface area contributed by atoms with Crippen molar-refractivity contribution in [3.8, 4) is 0 Å². The highest BCUT2D eigenvalue weighted by Gasteiger charge is 2.10. The first-order valence-electron chi connectivity index (χ1n) is 5.50. The fourth-order valence-corrected chi connectivity index (χ4v) is 2.24. The molecule has 1 unspecified atom stereocenters. The average molecular weight is 241 g/mol. The Bertz CT molecular complexity index is 440. The van der Waals surface area contributed by atoms with E-state index in [9.17, 15) is 8.42 Å². The zero-order valence-corrected chi connectivity index (χ0v) is 10.6. The molecule has 3 nitrogen and oxygen atoms in total. The van der Waals surface area contributed by atoms with Crippen LogP contribution in [0.2, 0.25) is 0 Å². The van der Waals surface area contributed by atoms with Crippen LogP contribution >= 0.6 is 0 Å². The van der Waals surface area contributed by atoms with Gasteiger partial charge in [-0.05, 0) is 24.1 Å². The highest BCUT2D eigenvalue weighted by Crippen LogP contribution is 2.19. The lowest BCUT2D eigenvalue weighted by molar-refractivity contribution is 0.596. The van der Waals surface area contributed by atoms with Crippen LogP contribution in [0.3, 0.4) is 0 Å². The molecule has 0 radical (unpaired) electrons. The lowest BCUT2D eigenvalue weighted by Gasteiger charge is -2.12. The van der Waals surface area contributed by atoms with Crippen LogP contribution in [0.5, 0.6) is 0 Å². The van der Waals surface area contributed by atoms with Crippen molar-refractivity contribution >= 4 is 9.84 Å². The van der Waals surface area contributed by atoms with E-state index < -0.39 is 9.84 Å². The second-order valence-corrected chi connectivity index (χ2v) is 6.11. The number of benzene rings is 1. The fourth-order valence-electron chi connectivity index (χ4n) is 1.57. The smallest absolute Gasteiger partial charge is 0.175 e. The summed E-state index contributed by atoms with van der Waals surface area (Å²) in [6.45, 7) is 2.11. The van der Waals surface area contributed by atoms with Crippen molar-refractivity contribution in [2.75, 3.05) is 6.26 Å². The van der Waals surface area contributed by atoms with Crippen molar-refractivity contribution < 1.29 is 8.42 Å². The summed E-state index contributed by atoms with van der Waals surface area (Å²) in [6, 6.07) is 6.84. The van der Waals surface area contributed by atoms with Gasteiger partial charge in [-0.2, -0.15) is 0 Å². The van der Waals surface area contributed by atoms with Gasteiger partial charge >= 0.3 is 0 Å². The van der Waals surface area contributed by atoms with Crippen LogP contribution in [0.1, 0.15) is 37.8 Å². The molecule has 1 aromatic carbocycles. The summed E-state index contributed by atoms with van der Waals surface area (Å²) in [7, 11) is -3.13. The van der Waals surface area contributed by atoms with Crippen LogP contribution in [0.25, 0.3) is 0 Å². The van der Waals surface area contributed by atoms with Gasteiger partial charge in [0.05, 0.1) is 4.90 Å². The SMILES string of the molecule is CCCCC(N)c1cccc(S(C)(=O)=O)c1. The first kappa shape index (κ1) is 13.2. The van der Waals surface area contributed by atoms with E-state index in [2.05, 4.69) is 6.92 Å². The highest BCUT2D eigenvalue weighted by molar-refractivity contribution is 7.90. The summed E-state index contributed by atoms with van der Waals surface area (Å²) in [5.74, 6) is 0. The summed E-state index contributed by atoms with van der Waals surface area (Å²) >= 11 is 0. The third-order valence-corrected chi connectivity index (χ3v) is 3.69. The maximum atomic E-state index is 11.4. The standard InChI is InChI=1S/C12H19NO2S/c1-3-4-8-12(13)10-6-5-7-11(9-10)16(2,14)15/h5-7,9,12H,3-4,8,13H2,1-2H3. The van der Waals surface area contributed by atoms with E-state index in [0.29, 0.717) is 4.90 Å². The molecule has 2 N–H and O–H groups in total. The van der Waals surface area contributed by atoms with E-state index in [-0.39, 0.29) is 6.04 Å². The number of nitrogens with two attached hydrogens (primary N) is 1. The fraction of sp³-hybridized carbons (Fsp3) is 0.500. The van der Waals surface area contributed by atoms with Gasteiger partial charge in [-0.1, -0.05) is 31.9 Å². The molecule has 90 valence electrons. The van der Waals surface area contributed by atoms with Gasteiger partial charge in [-0.3, -0.25) is 0 Å². The quantitative estimate of drug-likeness (QED) is 0.860. The van der Waals surface area contributed by atoms with E-state index in [1.54, 1.807) is 18.2 Å². The molecule has 16 heavy (non-hydrogen) atoms. The average Bonchev–Trinajstić information content (AvgIpc) is 2.25. The summed E-state index contributed by atoms with van der Waals surface area (Å²) in [5.41, 5.74) is 6.90. The lowest BCUT2D eigenvalue weighted by Crippen LogP contribution is -2.10. The monoisotopic (exact) mass is 241 g/mol. The molecule has 0 spiro atoms. The van der Waals surface area contributed by atoms with Crippen molar-refractivity contribution in [3.05, 3.63) is 29.8 Å². The summed E-state index contributed by atoms with van der Waals surface area (Å²) in [5, 5.41) is 0. The van der Waals surface area contributed by atoms with Crippen LogP contribution in [-0.4, -0.2) is 14.7 Å². The van der Waals surface area contributed by atoms with Gasteiger partial charge < -0.3 is 5.73 Å². The Labute approximate surface area is 97.6 Å². The topological polar surface area (TPSA) is 60.2 Å². The first-order valence-corrected chi connectivity index (χ1v) is 7.40. The van der Waals surface area contributed by atoms with Crippen LogP contribution in [0, 0.1) is 0 Å². The molecule has 0 aliphatic heterocycles. The minimum atomic E-state index is -3.13. The predicted molar refractivity (Wildman–Crippen MR) is 66.0 cm³/mol. The summed E-state index contributed by atoms with van der Waals surface area (Å²) in [6.07, 6.45) is 4.26. The minimum absolute atomic E-state index is 0.0679. The molecule has 0 fully saturated rings. The van der Waals surface area contributed by atoms with Crippen LogP contribution in [0.4, 0.5) is 0 Å². The van der Waals surface area contributed by atoms with Gasteiger partial charge in [0, 0.05) is 12.3 Å². The predicted octanol–water partition coefficient (Wildman–Crippen LogP) is 2.28. The van der Waals surface area contributed by atoms with Crippen LogP contribution in [-0.2, 0) is 9.84 Å². The number of sulfone groups is 1. The molecule has 1 atom stereocenters. The van der Waals surface area contributed by atoms with Crippen LogP contribution < -0.4 is 5.73 Å². The van der Waals surface area contributed by atoms with Gasteiger partial charge in [-0.25, -0.2) is 8.42 Å². The third kappa shape index (κ3) is 3.61. The van der Waals surface area contributed by atoms with E-state index >= 15 is 0 Å². The van der Waals surface area contributed by atoms with E-state index in [1.165, 1.54) is 6.26 Å². The molecule has 0 aliphatic rings. The molecule has 1 aromatic rings. The molecule has 4 heteroatoms. The zero-order valence-electron chi connectivity index (χ0n) is 9.81. The van der Waals surface area contributed by atoms with Gasteiger partial charge in [-0.15, -0.1) is 0 Å². The molecular formula is C12H19NO2S. The minimum Gasteiger partial charge on any atom is -0.324 e. The normalized spacial score (nSPS) is 13.7. The maximum absolute atomic E-state index is 11.4. The van der Waals surface area contributed by atoms with Crippen molar-refractivity contribution in [1.29, 1.82) is 0 Å². The number of unbranched alkanes of at least 4 members (excludes halogenated alkanes) is 1. The van der Waals surface area contributed by atoms with Gasteiger partial charge in [0.1, 0.15) is 0 Å². The summed E-state index contributed by atoms with van der Waals surface area (Å²) in [4.78, 5) is 0.344. The highest BCUT2D eigenvalue weighted by atomic mass is 32.2. The van der Waals surface area contributed by atoms with E-state index in [1.807, 2.05) is 6.07 Å². The second kappa shape index (κ2) is 5.46. The maximum Gasteiger partial charge on any atom is 0.175 e. The van der Waals surface area contributed by atoms with E-state index in [0.717, 1.165) is 24.8 Å². The molecule has 0 aliphatic carbocycles. The number of hydrogen-bond donors (Lipinski definition) is 1. The molecule has 0 heterocycles. The van der Waals surface area contributed by atoms with Crippen molar-refractivity contribution in [1.82, 2.24) is 0 Å². The lowest BCUT2D eigenvalue weighted by atomic mass is 10.0. The Morgan fingerprint density at radius 2 is 2.06 bits per heavy atom. The number of rotatable bonds is 5. The summed E-state index contributed by atoms with van der Waals surface area (Å²) < 4.78 is 22.8. The molecule has 1 rings (SSSR count). The largest absolute Gasteiger partial charge is 0.324 e. The van der Waals surface area contributed by atoms with Crippen molar-refractivity contribution in [3.63, 3.8) is 0 Å². The van der Waals surface area contributed by atoms with E-state index in [4.69, 9.17) is 5.73 Å². The Hall–Kier alpha value is -0.870. The molecule has 0 amide bonds. The Balaban J connectivity index is 2.90. The Kier molecular flexibility index (Phi) is 4.50. The van der Waals surface area contributed by atoms with Gasteiger partial charge in [0.2, 0.25) is 0 Å². The number of hydrogen-bond acceptors (Lipinski definition) is 3. The van der Waals surface area contributed by atoms with Crippen molar-refractivity contribution in [2.24, 2.45) is 5.73 Å². The molecular weight excluding hydrogens is 222 g/mol. The van der Waals surface area contributed by atoms with Crippen molar-refractivity contribution in [2.45, 2.75) is 37.1 Å². The first-order chi connectivity index (χ1) is 7.45. The third-order valence-electron chi connectivity index (χ3n) is 2.58. The zero-order chi connectivity index (χ0) is 12.2. The van der Waals surface area contributed by atoms with Gasteiger partial charge in [0.25, 0.3) is 0 Å². The molecule has 0 bridgehead atoms. The molecule has 0 aromatic heterocycles. The van der Waals surface area contributed by atoms with Crippen LogP contribution in [0.15, 0.2) is 29.2 Å². The van der Waals surface area contributed by atoms with Gasteiger partial charge in [0.15, 0.2) is 9.84 Å². The molecule has 0 saturated carbocycles. The molecule has 0 saturated heterocycles.